The molecule has 0 unspecified atom stereocenters. The first-order chi connectivity index (χ1) is 16.1. The lowest BCUT2D eigenvalue weighted by molar-refractivity contribution is 0.0950. The fraction of sp³-hybridized carbons (Fsp3) is 0.320. The number of benzene rings is 2. The summed E-state index contributed by atoms with van der Waals surface area (Å²) >= 11 is 12.2. The van der Waals surface area contributed by atoms with Crippen LogP contribution in [0.1, 0.15) is 61.5 Å². The van der Waals surface area contributed by atoms with Crippen LogP contribution < -0.4 is 10.2 Å². The number of carbonyl (C=O) groups excluding carboxylic acids is 1. The van der Waals surface area contributed by atoms with E-state index in [-0.39, 0.29) is 5.69 Å². The molecule has 1 heterocycles. The van der Waals surface area contributed by atoms with E-state index in [9.17, 15) is 4.79 Å². The highest BCUT2D eigenvalue weighted by Crippen LogP contribution is 2.23. The molecule has 0 bridgehead atoms. The Labute approximate surface area is 204 Å². The number of hydrazone groups is 1. The molecule has 0 saturated carbocycles. The molecule has 0 aliphatic carbocycles. The molecular weight excluding hydrogens is 459 g/mol. The summed E-state index contributed by atoms with van der Waals surface area (Å²) in [7, 11) is 0. The van der Waals surface area contributed by atoms with E-state index < -0.39 is 5.91 Å². The van der Waals surface area contributed by atoms with Crippen LogP contribution in [0.15, 0.2) is 53.6 Å². The fourth-order valence-electron chi connectivity index (χ4n) is 3.23. The Morgan fingerprint density at radius 2 is 1.76 bits per heavy atom. The number of hydrogen-bond acceptors (Lipinski definition) is 4. The summed E-state index contributed by atoms with van der Waals surface area (Å²) in [5.41, 5.74) is 4.79. The number of H-pyrrole nitrogens is 1. The van der Waals surface area contributed by atoms with Gasteiger partial charge in [-0.3, -0.25) is 9.89 Å². The normalized spacial score (nSPS) is 11.1. The Bertz CT molecular complexity index is 1040. The largest absolute Gasteiger partial charge is 0.494 e. The third kappa shape index (κ3) is 7.62. The van der Waals surface area contributed by atoms with Crippen molar-refractivity contribution in [3.05, 3.63) is 69.8 Å². The van der Waals surface area contributed by atoms with E-state index in [1.54, 1.807) is 24.3 Å². The Kier molecular flexibility index (Phi) is 9.78. The van der Waals surface area contributed by atoms with Crippen molar-refractivity contribution in [2.24, 2.45) is 5.10 Å². The van der Waals surface area contributed by atoms with Gasteiger partial charge in [-0.05, 0) is 48.9 Å². The van der Waals surface area contributed by atoms with Gasteiger partial charge in [0.05, 0.1) is 28.6 Å². The quantitative estimate of drug-likeness (QED) is 0.166. The lowest BCUT2D eigenvalue weighted by Gasteiger charge is -2.06. The standard InChI is InChI=1S/C25H28Cl2N4O2/c1-2-3-4-5-6-7-15-33-19-13-11-18(12-14-19)23-16-24(30-29-23)25(32)31-28-17-20-21(26)9-8-10-22(20)27/h8-14,16-17H,2-7,15H2,1H3,(H,29,30)(H,31,32)/b28-17-. The third-order valence-corrected chi connectivity index (χ3v) is 5.76. The molecule has 3 aromatic rings. The molecule has 1 aromatic heterocycles. The molecule has 6 nitrogen and oxygen atoms in total. The van der Waals surface area contributed by atoms with Crippen molar-refractivity contribution in [3.8, 4) is 17.0 Å². The zero-order chi connectivity index (χ0) is 23.5. The van der Waals surface area contributed by atoms with Gasteiger partial charge in [-0.15, -0.1) is 0 Å². The van der Waals surface area contributed by atoms with E-state index in [4.69, 9.17) is 27.9 Å². The molecule has 2 N–H and O–H groups in total. The molecule has 0 fully saturated rings. The van der Waals surface area contributed by atoms with Gasteiger partial charge in [-0.1, -0.05) is 68.3 Å². The summed E-state index contributed by atoms with van der Waals surface area (Å²) in [6, 6.07) is 14.5. The van der Waals surface area contributed by atoms with Crippen molar-refractivity contribution in [2.45, 2.75) is 45.4 Å². The first kappa shape index (κ1) is 24.8. The van der Waals surface area contributed by atoms with Crippen molar-refractivity contribution < 1.29 is 9.53 Å². The number of carbonyl (C=O) groups is 1. The molecule has 8 heteroatoms. The second kappa shape index (κ2) is 13.0. The second-order valence-corrected chi connectivity index (χ2v) is 8.46. The summed E-state index contributed by atoms with van der Waals surface area (Å²) < 4.78 is 5.82. The number of amides is 1. The molecule has 2 aromatic carbocycles. The van der Waals surface area contributed by atoms with Crippen molar-refractivity contribution in [2.75, 3.05) is 6.61 Å². The number of rotatable bonds is 12. The molecule has 0 aliphatic heterocycles. The van der Waals surface area contributed by atoms with Gasteiger partial charge in [0, 0.05) is 11.1 Å². The van der Waals surface area contributed by atoms with Gasteiger partial charge in [0.2, 0.25) is 0 Å². The number of nitrogens with one attached hydrogen (secondary N) is 2. The van der Waals surface area contributed by atoms with Gasteiger partial charge in [0.15, 0.2) is 0 Å². The number of hydrogen-bond donors (Lipinski definition) is 2. The van der Waals surface area contributed by atoms with E-state index in [1.807, 2.05) is 24.3 Å². The first-order valence-corrected chi connectivity index (χ1v) is 11.9. The predicted molar refractivity (Wildman–Crippen MR) is 134 cm³/mol. The molecule has 0 atom stereocenters. The summed E-state index contributed by atoms with van der Waals surface area (Å²) in [5.74, 6) is 0.403. The van der Waals surface area contributed by atoms with E-state index in [0.29, 0.717) is 21.3 Å². The number of ether oxygens (including phenoxy) is 1. The number of nitrogens with zero attached hydrogens (tertiary/aromatic N) is 2. The predicted octanol–water partition coefficient (Wildman–Crippen LogP) is 6.89. The second-order valence-electron chi connectivity index (χ2n) is 7.64. The lowest BCUT2D eigenvalue weighted by atomic mass is 10.1. The molecule has 1 amide bonds. The Morgan fingerprint density at radius 3 is 2.48 bits per heavy atom. The van der Waals surface area contributed by atoms with Crippen LogP contribution in [-0.4, -0.2) is 28.9 Å². The highest BCUT2D eigenvalue weighted by atomic mass is 35.5. The summed E-state index contributed by atoms with van der Waals surface area (Å²) in [4.78, 5) is 12.4. The van der Waals surface area contributed by atoms with Crippen LogP contribution in [0.2, 0.25) is 10.0 Å². The summed E-state index contributed by atoms with van der Waals surface area (Å²) in [6.07, 6.45) is 8.81. The average molecular weight is 487 g/mol. The van der Waals surface area contributed by atoms with Crippen LogP contribution in [0, 0.1) is 0 Å². The van der Waals surface area contributed by atoms with Crippen molar-refractivity contribution >= 4 is 35.3 Å². The van der Waals surface area contributed by atoms with Crippen molar-refractivity contribution in [1.82, 2.24) is 15.6 Å². The van der Waals surface area contributed by atoms with Crippen LogP contribution >= 0.6 is 23.2 Å². The van der Waals surface area contributed by atoms with Crippen LogP contribution in [0.4, 0.5) is 0 Å². The zero-order valence-electron chi connectivity index (χ0n) is 18.6. The molecule has 3 rings (SSSR count). The van der Waals surface area contributed by atoms with E-state index in [2.05, 4.69) is 27.6 Å². The summed E-state index contributed by atoms with van der Waals surface area (Å²) in [6.45, 7) is 2.94. The third-order valence-electron chi connectivity index (χ3n) is 5.10. The lowest BCUT2D eigenvalue weighted by Crippen LogP contribution is -2.18. The van der Waals surface area contributed by atoms with Crippen LogP contribution in [0.5, 0.6) is 5.75 Å². The van der Waals surface area contributed by atoms with E-state index >= 15 is 0 Å². The van der Waals surface area contributed by atoms with Crippen molar-refractivity contribution in [1.29, 1.82) is 0 Å². The fourth-order valence-corrected chi connectivity index (χ4v) is 3.73. The molecule has 0 saturated heterocycles. The average Bonchev–Trinajstić information content (AvgIpc) is 3.31. The SMILES string of the molecule is CCCCCCCCOc1ccc(-c2cc(C(=O)N/N=C\c3c(Cl)cccc3Cl)[nH]n2)cc1. The van der Waals surface area contributed by atoms with Gasteiger partial charge in [-0.25, -0.2) is 5.43 Å². The van der Waals surface area contributed by atoms with Crippen LogP contribution in [0.3, 0.4) is 0 Å². The molecular formula is C25H28Cl2N4O2. The Morgan fingerprint density at radius 1 is 1.06 bits per heavy atom. The molecule has 33 heavy (non-hydrogen) atoms. The Hall–Kier alpha value is -2.83. The maximum atomic E-state index is 12.4. The molecule has 174 valence electrons. The minimum Gasteiger partial charge on any atom is -0.494 e. The highest BCUT2D eigenvalue weighted by molar-refractivity contribution is 6.38. The highest BCUT2D eigenvalue weighted by Gasteiger charge is 2.11. The molecule has 0 aliphatic rings. The first-order valence-electron chi connectivity index (χ1n) is 11.1. The van der Waals surface area contributed by atoms with Gasteiger partial charge >= 0.3 is 0 Å². The maximum absolute atomic E-state index is 12.4. The number of unbranched alkanes of at least 4 members (excludes halogenated alkanes) is 5. The smallest absolute Gasteiger partial charge is 0.289 e. The Balaban J connectivity index is 1.49. The van der Waals surface area contributed by atoms with Gasteiger partial charge in [0.1, 0.15) is 11.4 Å². The number of aromatic amines is 1. The molecule has 0 radical (unpaired) electrons. The minimum atomic E-state index is -0.424. The number of halogens is 2. The van der Waals surface area contributed by atoms with Crippen LogP contribution in [0.25, 0.3) is 11.3 Å². The minimum absolute atomic E-state index is 0.288. The van der Waals surface area contributed by atoms with Gasteiger partial charge in [-0.2, -0.15) is 10.2 Å². The number of aromatic nitrogens is 2. The zero-order valence-corrected chi connectivity index (χ0v) is 20.1. The van der Waals surface area contributed by atoms with Crippen LogP contribution in [-0.2, 0) is 0 Å². The summed E-state index contributed by atoms with van der Waals surface area (Å²) in [5, 5.41) is 11.8. The monoisotopic (exact) mass is 486 g/mol. The van der Waals surface area contributed by atoms with E-state index in [1.165, 1.54) is 38.3 Å². The van der Waals surface area contributed by atoms with Gasteiger partial charge in [0.25, 0.3) is 5.91 Å². The van der Waals surface area contributed by atoms with E-state index in [0.717, 1.165) is 24.3 Å². The van der Waals surface area contributed by atoms with Gasteiger partial charge < -0.3 is 4.74 Å². The maximum Gasteiger partial charge on any atom is 0.289 e. The van der Waals surface area contributed by atoms with Crippen molar-refractivity contribution in [3.63, 3.8) is 0 Å². The molecule has 0 spiro atoms. The topological polar surface area (TPSA) is 79.4 Å².